The summed E-state index contributed by atoms with van der Waals surface area (Å²) in [6.07, 6.45) is 7.67. The van der Waals surface area contributed by atoms with Crippen LogP contribution >= 0.6 is 0 Å². The molecule has 1 unspecified atom stereocenters. The van der Waals surface area contributed by atoms with Gasteiger partial charge in [0.2, 0.25) is 0 Å². The Kier molecular flexibility index (Phi) is 10.2. The Bertz CT molecular complexity index is 765. The lowest BCUT2D eigenvalue weighted by Crippen LogP contribution is -2.43. The van der Waals surface area contributed by atoms with Crippen molar-refractivity contribution in [1.29, 1.82) is 0 Å². The van der Waals surface area contributed by atoms with Crippen LogP contribution in [-0.2, 0) is 25.7 Å². The van der Waals surface area contributed by atoms with E-state index in [4.69, 9.17) is 9.47 Å². The van der Waals surface area contributed by atoms with Gasteiger partial charge in [0.25, 0.3) is 0 Å². The first-order chi connectivity index (χ1) is 15.6. The number of aliphatic carboxylic acids is 1. The van der Waals surface area contributed by atoms with Gasteiger partial charge in [-0.1, -0.05) is 62.4 Å². The van der Waals surface area contributed by atoms with Gasteiger partial charge in [-0.25, -0.2) is 9.59 Å². The number of amides is 1. The molecule has 1 saturated carbocycles. The minimum Gasteiger partial charge on any atom is -0.480 e. The number of carbonyl (C=O) groups excluding carboxylic acids is 2. The van der Waals surface area contributed by atoms with Crippen molar-refractivity contribution in [2.75, 3.05) is 0 Å². The maximum atomic E-state index is 12.6. The van der Waals surface area contributed by atoms with Gasteiger partial charge in [0.15, 0.2) is 0 Å². The summed E-state index contributed by atoms with van der Waals surface area (Å²) in [4.78, 5) is 36.1. The second-order valence-corrected chi connectivity index (χ2v) is 10.2. The number of benzene rings is 1. The number of alkyl carbamates (subject to hydrolysis) is 1. The lowest BCUT2D eigenvalue weighted by molar-refractivity contribution is -0.148. The molecule has 1 aromatic rings. The molecule has 1 amide bonds. The van der Waals surface area contributed by atoms with Crippen LogP contribution in [0.25, 0.3) is 0 Å². The predicted molar refractivity (Wildman–Crippen MR) is 126 cm³/mol. The Morgan fingerprint density at radius 3 is 2.33 bits per heavy atom. The van der Waals surface area contributed by atoms with Gasteiger partial charge in [-0.3, -0.25) is 4.79 Å². The normalized spacial score (nSPS) is 16.5. The fourth-order valence-electron chi connectivity index (χ4n) is 4.47. The van der Waals surface area contributed by atoms with Crippen molar-refractivity contribution in [1.82, 2.24) is 5.32 Å². The van der Waals surface area contributed by atoms with Crippen LogP contribution in [0.15, 0.2) is 30.3 Å². The first kappa shape index (κ1) is 26.7. The fraction of sp³-hybridized carbons (Fsp3) is 0.654. The topological polar surface area (TPSA) is 102 Å². The SMILES string of the molecule is CC(C)(C)OC(=O)NC(CCCCC1(CC(=O)OCc2ccccc2)CCCCC1)C(=O)O. The average Bonchev–Trinajstić information content (AvgIpc) is 2.74. The van der Waals surface area contributed by atoms with E-state index in [2.05, 4.69) is 5.32 Å². The van der Waals surface area contributed by atoms with Gasteiger partial charge in [-0.05, 0) is 57.4 Å². The number of carbonyl (C=O) groups is 3. The lowest BCUT2D eigenvalue weighted by atomic mass is 9.69. The van der Waals surface area contributed by atoms with Crippen molar-refractivity contribution in [3.05, 3.63) is 35.9 Å². The molecule has 1 atom stereocenters. The van der Waals surface area contributed by atoms with Crippen molar-refractivity contribution in [3.8, 4) is 0 Å². The minimum absolute atomic E-state index is 0.0800. The molecule has 0 saturated heterocycles. The summed E-state index contributed by atoms with van der Waals surface area (Å²) in [6.45, 7) is 5.48. The Balaban J connectivity index is 1.83. The van der Waals surface area contributed by atoms with E-state index in [-0.39, 0.29) is 18.0 Å². The van der Waals surface area contributed by atoms with E-state index in [1.54, 1.807) is 20.8 Å². The third-order valence-corrected chi connectivity index (χ3v) is 6.12. The van der Waals surface area contributed by atoms with Gasteiger partial charge in [0.05, 0.1) is 6.42 Å². The second-order valence-electron chi connectivity index (χ2n) is 10.2. The molecule has 33 heavy (non-hydrogen) atoms. The predicted octanol–water partition coefficient (Wildman–Crippen LogP) is 5.61. The molecule has 1 aliphatic rings. The summed E-state index contributed by atoms with van der Waals surface area (Å²) in [5.74, 6) is -1.24. The summed E-state index contributed by atoms with van der Waals surface area (Å²) in [5, 5.41) is 11.9. The van der Waals surface area contributed by atoms with E-state index in [0.29, 0.717) is 19.3 Å². The molecule has 184 valence electrons. The zero-order chi connectivity index (χ0) is 24.3. The van der Waals surface area contributed by atoms with E-state index in [9.17, 15) is 19.5 Å². The summed E-state index contributed by atoms with van der Waals surface area (Å²) < 4.78 is 10.7. The number of nitrogens with one attached hydrogen (secondary N) is 1. The highest BCUT2D eigenvalue weighted by Crippen LogP contribution is 2.44. The highest BCUT2D eigenvalue weighted by atomic mass is 16.6. The molecular weight excluding hydrogens is 422 g/mol. The average molecular weight is 462 g/mol. The molecule has 1 fully saturated rings. The van der Waals surface area contributed by atoms with E-state index in [1.807, 2.05) is 30.3 Å². The zero-order valence-electron chi connectivity index (χ0n) is 20.2. The maximum Gasteiger partial charge on any atom is 0.408 e. The molecule has 7 nitrogen and oxygen atoms in total. The molecule has 0 aliphatic heterocycles. The van der Waals surface area contributed by atoms with Crippen molar-refractivity contribution in [2.24, 2.45) is 5.41 Å². The molecule has 0 aromatic heterocycles. The van der Waals surface area contributed by atoms with Crippen LogP contribution in [0, 0.1) is 5.41 Å². The lowest BCUT2D eigenvalue weighted by Gasteiger charge is -2.37. The number of unbranched alkanes of at least 4 members (excludes halogenated alkanes) is 1. The smallest absolute Gasteiger partial charge is 0.408 e. The molecule has 1 aliphatic carbocycles. The fourth-order valence-corrected chi connectivity index (χ4v) is 4.47. The number of ether oxygens (including phenoxy) is 2. The Labute approximate surface area is 197 Å². The second kappa shape index (κ2) is 12.6. The zero-order valence-corrected chi connectivity index (χ0v) is 20.2. The van der Waals surface area contributed by atoms with E-state index < -0.39 is 23.7 Å². The molecule has 0 spiro atoms. The van der Waals surface area contributed by atoms with Crippen molar-refractivity contribution < 1.29 is 29.0 Å². The van der Waals surface area contributed by atoms with Gasteiger partial charge in [-0.2, -0.15) is 0 Å². The van der Waals surface area contributed by atoms with E-state index in [0.717, 1.165) is 44.1 Å². The number of hydrogen-bond donors (Lipinski definition) is 2. The van der Waals surface area contributed by atoms with Crippen LogP contribution < -0.4 is 5.32 Å². The number of rotatable bonds is 11. The van der Waals surface area contributed by atoms with E-state index >= 15 is 0 Å². The molecule has 0 heterocycles. The summed E-state index contributed by atoms with van der Waals surface area (Å²) in [7, 11) is 0. The molecule has 0 bridgehead atoms. The molecule has 2 rings (SSSR count). The monoisotopic (exact) mass is 461 g/mol. The quantitative estimate of drug-likeness (QED) is 0.328. The molecule has 2 N–H and O–H groups in total. The van der Waals surface area contributed by atoms with Crippen molar-refractivity contribution in [3.63, 3.8) is 0 Å². The highest BCUT2D eigenvalue weighted by Gasteiger charge is 2.34. The molecular formula is C26H39NO6. The van der Waals surface area contributed by atoms with Crippen LogP contribution in [0.4, 0.5) is 4.79 Å². The molecule has 7 heteroatoms. The summed E-state index contributed by atoms with van der Waals surface area (Å²) in [6, 6.07) is 8.67. The van der Waals surface area contributed by atoms with Gasteiger partial charge >= 0.3 is 18.0 Å². The van der Waals surface area contributed by atoms with Gasteiger partial charge < -0.3 is 19.9 Å². The Morgan fingerprint density at radius 1 is 1.06 bits per heavy atom. The highest BCUT2D eigenvalue weighted by molar-refractivity contribution is 5.79. The van der Waals surface area contributed by atoms with Gasteiger partial charge in [0.1, 0.15) is 18.2 Å². The number of carboxylic acid groups (broad SMARTS) is 1. The van der Waals surface area contributed by atoms with Crippen molar-refractivity contribution in [2.45, 2.75) is 103 Å². The number of esters is 1. The van der Waals surface area contributed by atoms with Crippen LogP contribution in [0.2, 0.25) is 0 Å². The number of carboxylic acids is 1. The van der Waals surface area contributed by atoms with E-state index in [1.165, 1.54) is 6.42 Å². The Hall–Kier alpha value is -2.57. The maximum absolute atomic E-state index is 12.6. The van der Waals surface area contributed by atoms with Gasteiger partial charge in [-0.15, -0.1) is 0 Å². The standard InChI is InChI=1S/C26H39NO6/c1-25(2,3)33-24(31)27-21(23(29)30)14-8-11-17-26(15-9-5-10-16-26)18-22(28)32-19-20-12-6-4-7-13-20/h4,6-7,12-13,21H,5,8-11,14-19H2,1-3H3,(H,27,31)(H,29,30). The summed E-state index contributed by atoms with van der Waals surface area (Å²) >= 11 is 0. The van der Waals surface area contributed by atoms with Crippen molar-refractivity contribution >= 4 is 18.0 Å². The largest absolute Gasteiger partial charge is 0.480 e. The minimum atomic E-state index is -1.07. The van der Waals surface area contributed by atoms with Crippen LogP contribution in [0.3, 0.4) is 0 Å². The van der Waals surface area contributed by atoms with Crippen LogP contribution in [0.1, 0.15) is 90.5 Å². The van der Waals surface area contributed by atoms with Crippen LogP contribution in [-0.4, -0.2) is 34.8 Å². The van der Waals surface area contributed by atoms with Crippen LogP contribution in [0.5, 0.6) is 0 Å². The number of hydrogen-bond acceptors (Lipinski definition) is 5. The molecule has 0 radical (unpaired) electrons. The van der Waals surface area contributed by atoms with Gasteiger partial charge in [0, 0.05) is 0 Å². The first-order valence-electron chi connectivity index (χ1n) is 12.0. The third-order valence-electron chi connectivity index (χ3n) is 6.12. The first-order valence-corrected chi connectivity index (χ1v) is 12.0. The molecule has 1 aromatic carbocycles. The Morgan fingerprint density at radius 2 is 1.73 bits per heavy atom. The summed E-state index contributed by atoms with van der Waals surface area (Å²) in [5.41, 5.74) is 0.208. The third kappa shape index (κ3) is 10.3.